The molecule has 0 saturated carbocycles. The Balaban J connectivity index is 1.09. The van der Waals surface area contributed by atoms with E-state index in [1.807, 2.05) is 48.9 Å². The molecule has 0 atom stereocenters. The molecule has 218 valence electrons. The zero-order valence-electron chi connectivity index (χ0n) is 25.3. The van der Waals surface area contributed by atoms with Gasteiger partial charge in [0.15, 0.2) is 0 Å². The van der Waals surface area contributed by atoms with Crippen molar-refractivity contribution in [1.29, 1.82) is 0 Å². The Labute approximate surface area is 270 Å². The number of hydrogen-bond donors (Lipinski definition) is 0. The molecule has 0 amide bonds. The Bertz CT molecular complexity index is 2760. The molecule has 0 fully saturated rings. The van der Waals surface area contributed by atoms with E-state index in [9.17, 15) is 0 Å². The van der Waals surface area contributed by atoms with Gasteiger partial charge in [-0.1, -0.05) is 91.0 Å². The van der Waals surface area contributed by atoms with Crippen LogP contribution in [0.25, 0.3) is 93.6 Å². The van der Waals surface area contributed by atoms with E-state index in [1.165, 1.54) is 54.6 Å². The van der Waals surface area contributed by atoms with E-state index in [0.717, 1.165) is 39.0 Å². The lowest BCUT2D eigenvalue weighted by Gasteiger charge is -2.16. The van der Waals surface area contributed by atoms with Gasteiger partial charge in [-0.05, 0) is 103 Å². The van der Waals surface area contributed by atoms with Crippen LogP contribution in [-0.2, 0) is 0 Å². The van der Waals surface area contributed by atoms with Crippen molar-refractivity contribution in [2.75, 3.05) is 0 Å². The summed E-state index contributed by atoms with van der Waals surface area (Å²) in [4.78, 5) is 14.0. The van der Waals surface area contributed by atoms with Crippen molar-refractivity contribution in [3.05, 3.63) is 158 Å². The fourth-order valence-electron chi connectivity index (χ4n) is 7.38. The smallest absolute Gasteiger partial charge is 0.146 e. The van der Waals surface area contributed by atoms with E-state index < -0.39 is 0 Å². The van der Waals surface area contributed by atoms with Crippen molar-refractivity contribution < 1.29 is 0 Å². The van der Waals surface area contributed by atoms with Crippen LogP contribution < -0.4 is 0 Å². The average Bonchev–Trinajstić information content (AvgIpc) is 3.48. The molecular weight excluding hydrogens is 573 g/mol. The molecule has 6 aromatic carbocycles. The largest absolute Gasteiger partial charge is 0.278 e. The van der Waals surface area contributed by atoms with Crippen molar-refractivity contribution in [2.45, 2.75) is 0 Å². The Hall–Kier alpha value is -6.39. The molecule has 4 heteroatoms. The molecule has 4 nitrogen and oxygen atoms in total. The molecule has 10 rings (SSSR count). The van der Waals surface area contributed by atoms with Crippen LogP contribution in [0.5, 0.6) is 0 Å². The zero-order valence-corrected chi connectivity index (χ0v) is 25.3. The first kappa shape index (κ1) is 25.9. The van der Waals surface area contributed by atoms with Crippen molar-refractivity contribution in [3.63, 3.8) is 0 Å². The molecule has 0 N–H and O–H groups in total. The highest BCUT2D eigenvalue weighted by molar-refractivity contribution is 6.27. The fourth-order valence-corrected chi connectivity index (χ4v) is 7.38. The van der Waals surface area contributed by atoms with E-state index in [4.69, 9.17) is 4.98 Å². The van der Waals surface area contributed by atoms with Gasteiger partial charge in [-0.15, -0.1) is 0 Å². The summed E-state index contributed by atoms with van der Waals surface area (Å²) >= 11 is 0. The normalized spacial score (nSPS) is 11.8. The fraction of sp³-hybridized carbons (Fsp3) is 0. The summed E-state index contributed by atoms with van der Waals surface area (Å²) < 4.78 is 2.14. The second-order valence-corrected chi connectivity index (χ2v) is 12.1. The van der Waals surface area contributed by atoms with E-state index >= 15 is 0 Å². The lowest BCUT2D eigenvalue weighted by molar-refractivity contribution is 1.06. The SMILES string of the molecule is c1ccc(-c2ccc3ccc4c(-c5ccc(-c6ccc7c(c6)c6cccnc6n7-c6ccccn6)cc5)ccc5ccc2c3c54)nc1. The van der Waals surface area contributed by atoms with Gasteiger partial charge in [0.25, 0.3) is 0 Å². The summed E-state index contributed by atoms with van der Waals surface area (Å²) in [5, 5.41) is 9.90. The van der Waals surface area contributed by atoms with Crippen LogP contribution in [0.1, 0.15) is 0 Å². The van der Waals surface area contributed by atoms with Crippen LogP contribution >= 0.6 is 0 Å². The summed E-state index contributed by atoms with van der Waals surface area (Å²) in [6.07, 6.45) is 5.54. The number of rotatable bonds is 4. The van der Waals surface area contributed by atoms with E-state index in [1.54, 1.807) is 0 Å². The molecule has 0 unspecified atom stereocenters. The maximum atomic E-state index is 4.74. The zero-order chi connectivity index (χ0) is 30.9. The van der Waals surface area contributed by atoms with Crippen LogP contribution in [0.15, 0.2) is 158 Å². The molecule has 0 spiro atoms. The van der Waals surface area contributed by atoms with Crippen molar-refractivity contribution >= 4 is 54.3 Å². The molecule has 47 heavy (non-hydrogen) atoms. The monoisotopic (exact) mass is 598 g/mol. The minimum absolute atomic E-state index is 0.865. The van der Waals surface area contributed by atoms with Crippen LogP contribution in [0.3, 0.4) is 0 Å². The van der Waals surface area contributed by atoms with Gasteiger partial charge in [0.05, 0.1) is 11.2 Å². The quantitative estimate of drug-likeness (QED) is 0.189. The summed E-state index contributed by atoms with van der Waals surface area (Å²) in [6, 6.07) is 49.9. The van der Waals surface area contributed by atoms with Crippen molar-refractivity contribution in [3.8, 4) is 39.3 Å². The molecule has 0 saturated heterocycles. The Morgan fingerprint density at radius 1 is 0.404 bits per heavy atom. The third-order valence-electron chi connectivity index (χ3n) is 9.54. The molecule has 4 heterocycles. The summed E-state index contributed by atoms with van der Waals surface area (Å²) in [5.41, 5.74) is 8.96. The third kappa shape index (κ3) is 3.92. The summed E-state index contributed by atoms with van der Waals surface area (Å²) in [6.45, 7) is 0. The lowest BCUT2D eigenvalue weighted by Crippen LogP contribution is -1.97. The van der Waals surface area contributed by atoms with Gasteiger partial charge in [-0.3, -0.25) is 9.55 Å². The molecule has 10 aromatic rings. The molecule has 0 aliphatic heterocycles. The lowest BCUT2D eigenvalue weighted by atomic mass is 9.87. The van der Waals surface area contributed by atoms with Crippen molar-refractivity contribution in [1.82, 2.24) is 19.5 Å². The Morgan fingerprint density at radius 2 is 1.06 bits per heavy atom. The highest BCUT2D eigenvalue weighted by Crippen LogP contribution is 2.42. The predicted octanol–water partition coefficient (Wildman–Crippen LogP) is 10.9. The van der Waals surface area contributed by atoms with Gasteiger partial charge in [-0.2, -0.15) is 0 Å². The van der Waals surface area contributed by atoms with E-state index in [-0.39, 0.29) is 0 Å². The Morgan fingerprint density at radius 3 is 1.81 bits per heavy atom. The molecule has 0 radical (unpaired) electrons. The second kappa shape index (κ2) is 10.1. The third-order valence-corrected chi connectivity index (χ3v) is 9.54. The number of benzene rings is 6. The van der Waals surface area contributed by atoms with Gasteiger partial charge in [0.2, 0.25) is 0 Å². The van der Waals surface area contributed by atoms with Gasteiger partial charge in [0, 0.05) is 34.9 Å². The van der Waals surface area contributed by atoms with E-state index in [0.29, 0.717) is 0 Å². The number of hydrogen-bond acceptors (Lipinski definition) is 3. The standard InChI is InChI=1S/C43H26N4/c1-3-23-44-38(7-1)33-19-14-30-15-20-34-32(18-13-29-16-21-35(33)42(30)41(29)34)28-11-9-27(10-12-28)31-17-22-39-37(26-31)36-6-5-25-46-43(36)47(39)40-8-2-4-24-45-40/h1-26H. The van der Waals surface area contributed by atoms with Crippen LogP contribution in [0.2, 0.25) is 0 Å². The maximum Gasteiger partial charge on any atom is 0.146 e. The predicted molar refractivity (Wildman–Crippen MR) is 194 cm³/mol. The first-order valence-corrected chi connectivity index (χ1v) is 15.9. The van der Waals surface area contributed by atoms with Crippen LogP contribution in [0, 0.1) is 0 Å². The summed E-state index contributed by atoms with van der Waals surface area (Å²) in [7, 11) is 0. The average molecular weight is 599 g/mol. The van der Waals surface area contributed by atoms with Gasteiger partial charge in [0.1, 0.15) is 11.5 Å². The second-order valence-electron chi connectivity index (χ2n) is 12.1. The van der Waals surface area contributed by atoms with Gasteiger partial charge < -0.3 is 0 Å². The molecule has 0 bridgehead atoms. The molecule has 4 aromatic heterocycles. The number of pyridine rings is 3. The van der Waals surface area contributed by atoms with E-state index in [2.05, 4.69) is 124 Å². The van der Waals surface area contributed by atoms with Crippen molar-refractivity contribution in [2.24, 2.45) is 0 Å². The van der Waals surface area contributed by atoms with Gasteiger partial charge in [-0.25, -0.2) is 9.97 Å². The van der Waals surface area contributed by atoms with Crippen LogP contribution in [-0.4, -0.2) is 19.5 Å². The minimum atomic E-state index is 0.865. The topological polar surface area (TPSA) is 43.6 Å². The summed E-state index contributed by atoms with van der Waals surface area (Å²) in [5.74, 6) is 0.865. The highest BCUT2D eigenvalue weighted by atomic mass is 15.1. The Kier molecular flexibility index (Phi) is 5.54. The molecule has 0 aliphatic carbocycles. The highest BCUT2D eigenvalue weighted by Gasteiger charge is 2.17. The first-order valence-electron chi connectivity index (χ1n) is 15.9. The molecular formula is C43H26N4. The number of fused-ring (bicyclic) bond motifs is 3. The minimum Gasteiger partial charge on any atom is -0.278 e. The maximum absolute atomic E-state index is 4.74. The number of aromatic nitrogens is 4. The first-order chi connectivity index (χ1) is 23.3. The van der Waals surface area contributed by atoms with Gasteiger partial charge >= 0.3 is 0 Å². The molecule has 0 aliphatic rings. The van der Waals surface area contributed by atoms with Crippen LogP contribution in [0.4, 0.5) is 0 Å². The number of nitrogens with zero attached hydrogens (tertiary/aromatic N) is 4.